The van der Waals surface area contributed by atoms with Crippen molar-refractivity contribution in [3.05, 3.63) is 28.8 Å². The van der Waals surface area contributed by atoms with E-state index in [4.69, 9.17) is 21.4 Å². The van der Waals surface area contributed by atoms with Gasteiger partial charge in [0.25, 0.3) is 0 Å². The molecule has 8 heteroatoms. The molecule has 0 radical (unpaired) electrons. The summed E-state index contributed by atoms with van der Waals surface area (Å²) < 4.78 is 31.7. The van der Waals surface area contributed by atoms with Gasteiger partial charge in [-0.2, -0.15) is 4.31 Å². The van der Waals surface area contributed by atoms with Crippen LogP contribution in [-0.2, 0) is 14.8 Å². The number of ether oxygens (including phenoxy) is 1. The van der Waals surface area contributed by atoms with Crippen LogP contribution in [0, 0.1) is 0 Å². The van der Waals surface area contributed by atoms with E-state index in [1.807, 2.05) is 0 Å². The van der Waals surface area contributed by atoms with Gasteiger partial charge >= 0.3 is 5.97 Å². The fourth-order valence-corrected chi connectivity index (χ4v) is 4.15. The first kappa shape index (κ1) is 16.2. The van der Waals surface area contributed by atoms with E-state index in [1.54, 1.807) is 0 Å². The van der Waals surface area contributed by atoms with Crippen molar-refractivity contribution in [1.29, 1.82) is 0 Å². The molecular formula is C13H16ClNO5S. The topological polar surface area (TPSA) is 83.9 Å². The molecule has 0 aliphatic carbocycles. The monoisotopic (exact) mass is 333 g/mol. The molecule has 0 spiro atoms. The number of hydrogen-bond acceptors (Lipinski definition) is 4. The highest BCUT2D eigenvalue weighted by Crippen LogP contribution is 2.28. The molecule has 1 aliphatic heterocycles. The third-order valence-corrected chi connectivity index (χ3v) is 5.93. The zero-order valence-electron chi connectivity index (χ0n) is 11.5. The Bertz CT molecular complexity index is 640. The highest BCUT2D eigenvalue weighted by Gasteiger charge is 2.31. The first-order valence-electron chi connectivity index (χ1n) is 6.42. The summed E-state index contributed by atoms with van der Waals surface area (Å²) in [5.41, 5.74) is -0.113. The number of nitrogens with zero attached hydrogens (tertiary/aromatic N) is 1. The van der Waals surface area contributed by atoms with Gasteiger partial charge in [0, 0.05) is 26.3 Å². The molecule has 0 aromatic heterocycles. The summed E-state index contributed by atoms with van der Waals surface area (Å²) in [4.78, 5) is 10.8. The van der Waals surface area contributed by atoms with Gasteiger partial charge < -0.3 is 9.84 Å². The molecule has 0 amide bonds. The van der Waals surface area contributed by atoms with Gasteiger partial charge in [0.2, 0.25) is 10.0 Å². The SMILES string of the molecule is CN(C1CCOCC1)S(=O)(=O)c1cc(C(=O)O)ccc1Cl. The van der Waals surface area contributed by atoms with Crippen molar-refractivity contribution in [2.45, 2.75) is 23.8 Å². The second-order valence-corrected chi connectivity index (χ2v) is 7.19. The number of benzene rings is 1. The molecule has 6 nitrogen and oxygen atoms in total. The van der Waals surface area contributed by atoms with E-state index in [0.717, 1.165) is 6.07 Å². The van der Waals surface area contributed by atoms with Gasteiger partial charge in [-0.15, -0.1) is 0 Å². The second-order valence-electron chi connectivity index (χ2n) is 4.82. The third kappa shape index (κ3) is 3.37. The molecule has 2 rings (SSSR count). The number of sulfonamides is 1. The Morgan fingerprint density at radius 2 is 2.00 bits per heavy atom. The smallest absolute Gasteiger partial charge is 0.335 e. The summed E-state index contributed by atoms with van der Waals surface area (Å²) >= 11 is 5.94. The highest BCUT2D eigenvalue weighted by atomic mass is 35.5. The first-order chi connectivity index (χ1) is 9.84. The fraction of sp³-hybridized carbons (Fsp3) is 0.462. The maximum Gasteiger partial charge on any atom is 0.335 e. The largest absolute Gasteiger partial charge is 0.478 e. The highest BCUT2D eigenvalue weighted by molar-refractivity contribution is 7.89. The average molecular weight is 334 g/mol. The minimum atomic E-state index is -3.84. The Hall–Kier alpha value is -1.15. The van der Waals surface area contributed by atoms with Crippen molar-refractivity contribution in [3.8, 4) is 0 Å². The van der Waals surface area contributed by atoms with E-state index in [-0.39, 0.29) is 21.5 Å². The molecule has 0 bridgehead atoms. The van der Waals surface area contributed by atoms with Crippen LogP contribution in [0.15, 0.2) is 23.1 Å². The van der Waals surface area contributed by atoms with E-state index in [2.05, 4.69) is 0 Å². The van der Waals surface area contributed by atoms with E-state index >= 15 is 0 Å². The molecule has 0 saturated carbocycles. The summed E-state index contributed by atoms with van der Waals surface area (Å²) in [6.45, 7) is 1.01. The quantitative estimate of drug-likeness (QED) is 0.908. The Labute approximate surface area is 128 Å². The van der Waals surface area contributed by atoms with E-state index in [1.165, 1.54) is 23.5 Å². The van der Waals surface area contributed by atoms with Crippen molar-refractivity contribution in [2.75, 3.05) is 20.3 Å². The molecule has 1 N–H and O–H groups in total. The van der Waals surface area contributed by atoms with Crippen LogP contribution in [0.4, 0.5) is 0 Å². The van der Waals surface area contributed by atoms with Crippen molar-refractivity contribution in [3.63, 3.8) is 0 Å². The number of hydrogen-bond donors (Lipinski definition) is 1. The molecule has 0 unspecified atom stereocenters. The molecule has 1 saturated heterocycles. The normalized spacial score (nSPS) is 17.1. The van der Waals surface area contributed by atoms with Crippen molar-refractivity contribution in [2.24, 2.45) is 0 Å². The molecule has 1 aromatic rings. The van der Waals surface area contributed by atoms with Gasteiger partial charge in [-0.1, -0.05) is 11.6 Å². The Morgan fingerprint density at radius 1 is 1.38 bits per heavy atom. The van der Waals surface area contributed by atoms with Crippen LogP contribution in [0.5, 0.6) is 0 Å². The number of carboxylic acids is 1. The Balaban J connectivity index is 2.38. The number of rotatable bonds is 4. The number of halogens is 1. The molecule has 0 atom stereocenters. The molecule has 1 heterocycles. The van der Waals surface area contributed by atoms with E-state index < -0.39 is 16.0 Å². The average Bonchev–Trinajstić information content (AvgIpc) is 2.47. The van der Waals surface area contributed by atoms with Crippen LogP contribution in [0.3, 0.4) is 0 Å². The minimum absolute atomic E-state index is 0.0129. The number of aromatic carboxylic acids is 1. The molecule has 21 heavy (non-hydrogen) atoms. The Kier molecular flexibility index (Phi) is 4.88. The molecule has 1 aliphatic rings. The van der Waals surface area contributed by atoms with Gasteiger partial charge in [0.05, 0.1) is 10.6 Å². The fourth-order valence-electron chi connectivity index (χ4n) is 2.23. The van der Waals surface area contributed by atoms with Crippen LogP contribution in [0.1, 0.15) is 23.2 Å². The first-order valence-corrected chi connectivity index (χ1v) is 8.24. The van der Waals surface area contributed by atoms with Gasteiger partial charge in [-0.25, -0.2) is 13.2 Å². The van der Waals surface area contributed by atoms with E-state index in [0.29, 0.717) is 26.1 Å². The maximum atomic E-state index is 12.6. The van der Waals surface area contributed by atoms with Gasteiger partial charge in [0.15, 0.2) is 0 Å². The van der Waals surface area contributed by atoms with Crippen LogP contribution >= 0.6 is 11.6 Å². The summed E-state index contributed by atoms with van der Waals surface area (Å²) in [5.74, 6) is -1.20. The molecule has 1 aromatic carbocycles. The molecule has 116 valence electrons. The lowest BCUT2D eigenvalue weighted by Gasteiger charge is -2.30. The minimum Gasteiger partial charge on any atom is -0.478 e. The van der Waals surface area contributed by atoms with Gasteiger partial charge in [0.1, 0.15) is 4.90 Å². The summed E-state index contributed by atoms with van der Waals surface area (Å²) in [6, 6.07) is 3.48. The zero-order valence-corrected chi connectivity index (χ0v) is 13.0. The van der Waals surface area contributed by atoms with Crippen LogP contribution in [-0.4, -0.2) is 50.1 Å². The summed E-state index contributed by atoms with van der Waals surface area (Å²) in [5, 5.41) is 9.00. The molecule has 1 fully saturated rings. The van der Waals surface area contributed by atoms with E-state index in [9.17, 15) is 13.2 Å². The maximum absolute atomic E-state index is 12.6. The van der Waals surface area contributed by atoms with Crippen molar-refractivity contribution >= 4 is 27.6 Å². The second kappa shape index (κ2) is 6.31. The number of carbonyl (C=O) groups is 1. The van der Waals surface area contributed by atoms with Crippen LogP contribution < -0.4 is 0 Å². The lowest BCUT2D eigenvalue weighted by atomic mass is 10.1. The Morgan fingerprint density at radius 3 is 2.57 bits per heavy atom. The van der Waals surface area contributed by atoms with Gasteiger partial charge in [-0.3, -0.25) is 0 Å². The predicted molar refractivity (Wildman–Crippen MR) is 77.2 cm³/mol. The predicted octanol–water partition coefficient (Wildman–Crippen LogP) is 1.84. The number of carboxylic acid groups (broad SMARTS) is 1. The lowest BCUT2D eigenvalue weighted by molar-refractivity contribution is 0.0632. The van der Waals surface area contributed by atoms with Crippen LogP contribution in [0.25, 0.3) is 0 Å². The lowest BCUT2D eigenvalue weighted by Crippen LogP contribution is -2.40. The molecular weight excluding hydrogens is 318 g/mol. The van der Waals surface area contributed by atoms with Gasteiger partial charge in [-0.05, 0) is 31.0 Å². The summed E-state index contributed by atoms with van der Waals surface area (Å²) in [7, 11) is -2.36. The standard InChI is InChI=1S/C13H16ClNO5S/c1-15(10-4-6-20-7-5-10)21(18,19)12-8-9(13(16)17)2-3-11(12)14/h2-3,8,10H,4-7H2,1H3,(H,16,17). The van der Waals surface area contributed by atoms with Crippen molar-refractivity contribution < 1.29 is 23.1 Å². The third-order valence-electron chi connectivity index (χ3n) is 3.54. The summed E-state index contributed by atoms with van der Waals surface area (Å²) in [6.07, 6.45) is 1.21. The van der Waals surface area contributed by atoms with Crippen molar-refractivity contribution in [1.82, 2.24) is 4.31 Å². The zero-order chi connectivity index (χ0) is 15.6. The van der Waals surface area contributed by atoms with Crippen LogP contribution in [0.2, 0.25) is 5.02 Å².